The van der Waals surface area contributed by atoms with Gasteiger partial charge in [0.15, 0.2) is 5.11 Å². The molecule has 4 aromatic rings. The molecular formula is C31H34N6OS. The quantitative estimate of drug-likeness (QED) is 0.274. The number of carbonyl (C=O) groups is 1. The van der Waals surface area contributed by atoms with Crippen molar-refractivity contribution in [2.24, 2.45) is 0 Å². The zero-order chi connectivity index (χ0) is 27.4. The van der Waals surface area contributed by atoms with E-state index in [-0.39, 0.29) is 18.0 Å². The summed E-state index contributed by atoms with van der Waals surface area (Å²) in [5.41, 5.74) is 7.57. The average Bonchev–Trinajstić information content (AvgIpc) is 3.43. The number of thiocarbonyl (C=S) groups is 1. The van der Waals surface area contributed by atoms with Gasteiger partial charge in [-0.1, -0.05) is 37.3 Å². The predicted molar refractivity (Wildman–Crippen MR) is 158 cm³/mol. The number of aromatic nitrogens is 3. The van der Waals surface area contributed by atoms with Gasteiger partial charge in [-0.2, -0.15) is 0 Å². The normalized spacial score (nSPS) is 16.8. The fourth-order valence-electron chi connectivity index (χ4n) is 5.41. The molecule has 200 valence electrons. The summed E-state index contributed by atoms with van der Waals surface area (Å²) in [5.74, 6) is -0.0270. The Morgan fingerprint density at radius 3 is 2.64 bits per heavy atom. The highest BCUT2D eigenvalue weighted by Crippen LogP contribution is 2.41. The van der Waals surface area contributed by atoms with Crippen LogP contribution in [0.15, 0.2) is 79.3 Å². The van der Waals surface area contributed by atoms with Crippen molar-refractivity contribution in [1.82, 2.24) is 24.8 Å². The number of para-hydroxylation sites is 1. The Hall–Kier alpha value is -4.04. The molecule has 7 nitrogen and oxygen atoms in total. The zero-order valence-electron chi connectivity index (χ0n) is 22.6. The third kappa shape index (κ3) is 5.71. The Labute approximate surface area is 235 Å². The van der Waals surface area contributed by atoms with Gasteiger partial charge in [-0.05, 0) is 79.5 Å². The van der Waals surface area contributed by atoms with Crippen LogP contribution in [0.25, 0.3) is 0 Å². The smallest absolute Gasteiger partial charge is 0.226 e. The SMILES string of the molecule is CCc1ccccc1NC(=O)CCN1C(=S)N[C@@H](c2ccccn2)[C@H]1c1cc(C)n(Cc2cccnc2)c1C. The molecule has 4 heterocycles. The second kappa shape index (κ2) is 11.8. The van der Waals surface area contributed by atoms with Gasteiger partial charge in [0.25, 0.3) is 0 Å². The van der Waals surface area contributed by atoms with Gasteiger partial charge in [-0.3, -0.25) is 14.8 Å². The molecule has 1 fully saturated rings. The summed E-state index contributed by atoms with van der Waals surface area (Å²) >= 11 is 5.84. The van der Waals surface area contributed by atoms with Gasteiger partial charge in [-0.25, -0.2) is 0 Å². The van der Waals surface area contributed by atoms with Crippen LogP contribution in [0.3, 0.4) is 0 Å². The van der Waals surface area contributed by atoms with Crippen molar-refractivity contribution >= 4 is 28.9 Å². The molecule has 8 heteroatoms. The van der Waals surface area contributed by atoms with Crippen LogP contribution in [0.2, 0.25) is 0 Å². The fourth-order valence-corrected chi connectivity index (χ4v) is 5.75. The largest absolute Gasteiger partial charge is 0.352 e. The Kier molecular flexibility index (Phi) is 8.02. The monoisotopic (exact) mass is 538 g/mol. The minimum atomic E-state index is -0.130. The molecule has 0 aliphatic carbocycles. The van der Waals surface area contributed by atoms with E-state index in [2.05, 4.69) is 63.0 Å². The van der Waals surface area contributed by atoms with Gasteiger partial charge in [0.1, 0.15) is 0 Å². The highest BCUT2D eigenvalue weighted by molar-refractivity contribution is 7.80. The minimum Gasteiger partial charge on any atom is -0.352 e. The van der Waals surface area contributed by atoms with Crippen molar-refractivity contribution in [1.29, 1.82) is 0 Å². The highest BCUT2D eigenvalue weighted by atomic mass is 32.1. The lowest BCUT2D eigenvalue weighted by Crippen LogP contribution is -2.33. The maximum absolute atomic E-state index is 13.0. The predicted octanol–water partition coefficient (Wildman–Crippen LogP) is 5.51. The first-order valence-corrected chi connectivity index (χ1v) is 13.8. The average molecular weight is 539 g/mol. The van der Waals surface area contributed by atoms with E-state index in [1.54, 1.807) is 6.20 Å². The fraction of sp³-hybridized carbons (Fsp3) is 0.290. The number of benzene rings is 1. The molecule has 0 radical (unpaired) electrons. The molecule has 0 saturated carbocycles. The van der Waals surface area contributed by atoms with Crippen LogP contribution in [-0.4, -0.2) is 37.0 Å². The summed E-state index contributed by atoms with van der Waals surface area (Å²) in [6, 6.07) is 20.0. The lowest BCUT2D eigenvalue weighted by molar-refractivity contribution is -0.116. The molecule has 2 atom stereocenters. The number of hydrogen-bond acceptors (Lipinski definition) is 4. The summed E-state index contributed by atoms with van der Waals surface area (Å²) in [6.07, 6.45) is 6.69. The summed E-state index contributed by atoms with van der Waals surface area (Å²) in [6.45, 7) is 7.61. The van der Waals surface area contributed by atoms with E-state index in [9.17, 15) is 4.79 Å². The first-order valence-electron chi connectivity index (χ1n) is 13.4. The lowest BCUT2D eigenvalue weighted by atomic mass is 9.96. The zero-order valence-corrected chi connectivity index (χ0v) is 23.4. The van der Waals surface area contributed by atoms with Crippen molar-refractivity contribution in [3.05, 3.63) is 113 Å². The van der Waals surface area contributed by atoms with Crippen molar-refractivity contribution in [3.63, 3.8) is 0 Å². The van der Waals surface area contributed by atoms with Crippen molar-refractivity contribution in [2.75, 3.05) is 11.9 Å². The van der Waals surface area contributed by atoms with Crippen LogP contribution in [0.1, 0.15) is 59.2 Å². The molecule has 0 unspecified atom stereocenters. The molecule has 1 aliphatic heterocycles. The van der Waals surface area contributed by atoms with Crippen LogP contribution in [0, 0.1) is 13.8 Å². The molecule has 1 aliphatic rings. The number of nitrogens with zero attached hydrogens (tertiary/aromatic N) is 4. The molecule has 0 spiro atoms. The first-order chi connectivity index (χ1) is 19.0. The summed E-state index contributed by atoms with van der Waals surface area (Å²) < 4.78 is 2.32. The molecule has 39 heavy (non-hydrogen) atoms. The minimum absolute atomic E-state index is 0.0270. The Morgan fingerprint density at radius 2 is 1.90 bits per heavy atom. The molecule has 3 aromatic heterocycles. The van der Waals surface area contributed by atoms with E-state index in [0.717, 1.165) is 41.2 Å². The second-order valence-corrected chi connectivity index (χ2v) is 10.3. The van der Waals surface area contributed by atoms with Crippen LogP contribution in [0.5, 0.6) is 0 Å². The van der Waals surface area contributed by atoms with Gasteiger partial charge in [-0.15, -0.1) is 0 Å². The van der Waals surface area contributed by atoms with Crippen molar-refractivity contribution in [2.45, 2.75) is 52.2 Å². The van der Waals surface area contributed by atoms with E-state index in [1.807, 2.05) is 60.9 Å². The van der Waals surface area contributed by atoms with Crippen molar-refractivity contribution < 1.29 is 4.79 Å². The third-order valence-electron chi connectivity index (χ3n) is 7.44. The highest BCUT2D eigenvalue weighted by Gasteiger charge is 2.41. The van der Waals surface area contributed by atoms with Gasteiger partial charge in [0.2, 0.25) is 5.91 Å². The summed E-state index contributed by atoms with van der Waals surface area (Å²) in [5, 5.41) is 7.24. The molecule has 1 saturated heterocycles. The van der Waals surface area contributed by atoms with Gasteiger partial charge >= 0.3 is 0 Å². The number of nitrogens with one attached hydrogen (secondary N) is 2. The van der Waals surface area contributed by atoms with E-state index in [1.165, 1.54) is 11.3 Å². The number of pyridine rings is 2. The van der Waals surface area contributed by atoms with Crippen molar-refractivity contribution in [3.8, 4) is 0 Å². The van der Waals surface area contributed by atoms with E-state index in [0.29, 0.717) is 18.1 Å². The lowest BCUT2D eigenvalue weighted by Gasteiger charge is -2.28. The molecule has 0 bridgehead atoms. The molecule has 1 aromatic carbocycles. The topological polar surface area (TPSA) is 75.1 Å². The number of aryl methyl sites for hydroxylation is 2. The number of anilines is 1. The van der Waals surface area contributed by atoms with E-state index in [4.69, 9.17) is 12.2 Å². The van der Waals surface area contributed by atoms with Crippen LogP contribution in [0.4, 0.5) is 5.69 Å². The Balaban J connectivity index is 1.43. The first kappa shape index (κ1) is 26.6. The molecule has 1 amide bonds. The van der Waals surface area contributed by atoms with Gasteiger partial charge in [0.05, 0.1) is 17.8 Å². The van der Waals surface area contributed by atoms with Crippen LogP contribution < -0.4 is 10.6 Å². The Morgan fingerprint density at radius 1 is 1.08 bits per heavy atom. The number of carbonyl (C=O) groups excluding carboxylic acids is 1. The van der Waals surface area contributed by atoms with Gasteiger partial charge < -0.3 is 20.1 Å². The Bertz CT molecular complexity index is 1450. The number of hydrogen-bond donors (Lipinski definition) is 2. The molecular weight excluding hydrogens is 504 g/mol. The third-order valence-corrected chi connectivity index (χ3v) is 7.80. The number of amides is 1. The maximum Gasteiger partial charge on any atom is 0.226 e. The van der Waals surface area contributed by atoms with Gasteiger partial charge in [0, 0.05) is 55.2 Å². The second-order valence-electron chi connectivity index (χ2n) is 9.90. The number of rotatable bonds is 9. The van der Waals surface area contributed by atoms with E-state index >= 15 is 0 Å². The summed E-state index contributed by atoms with van der Waals surface area (Å²) in [4.78, 5) is 24.1. The van der Waals surface area contributed by atoms with Crippen LogP contribution in [-0.2, 0) is 17.8 Å². The molecule has 5 rings (SSSR count). The van der Waals surface area contributed by atoms with Crippen LogP contribution >= 0.6 is 12.2 Å². The molecule has 2 N–H and O–H groups in total. The van der Waals surface area contributed by atoms with E-state index < -0.39 is 0 Å². The standard InChI is InChI=1S/C31H34N6OS/c1-4-24-11-5-6-12-26(24)34-28(38)14-17-36-30(29(35-31(36)39)27-13-7-8-16-33-27)25-18-21(2)37(22(25)3)20-23-10-9-15-32-19-23/h5-13,15-16,18-19,29-30H,4,14,17,20H2,1-3H3,(H,34,38)(H,35,39)/t29-,30+/m0/s1. The summed E-state index contributed by atoms with van der Waals surface area (Å²) in [7, 11) is 0. The maximum atomic E-state index is 13.0.